The molecule has 0 amide bonds. The molecule has 0 aliphatic heterocycles. The highest BCUT2D eigenvalue weighted by Gasteiger charge is 2.30. The molecule has 1 rings (SSSR count). The van der Waals surface area contributed by atoms with Crippen LogP contribution < -0.4 is 5.73 Å². The molecule has 2 N–H and O–H groups in total. The maximum absolute atomic E-state index is 11.9. The fourth-order valence-corrected chi connectivity index (χ4v) is 0.994. The molecule has 1 aromatic heterocycles. The average molecular weight is 223 g/mol. The van der Waals surface area contributed by atoms with E-state index in [0.717, 1.165) is 0 Å². The summed E-state index contributed by atoms with van der Waals surface area (Å²) < 4.78 is 40.4. The lowest BCUT2D eigenvalue weighted by Crippen LogP contribution is -2.15. The van der Waals surface area contributed by atoms with Gasteiger partial charge in [0.15, 0.2) is 5.82 Å². The first-order chi connectivity index (χ1) is 6.87. The first-order valence-electron chi connectivity index (χ1n) is 4.50. The van der Waals surface area contributed by atoms with E-state index in [-0.39, 0.29) is 17.8 Å². The van der Waals surface area contributed by atoms with Crippen LogP contribution in [-0.2, 0) is 12.8 Å². The normalized spacial score (nSPS) is 14.2. The van der Waals surface area contributed by atoms with Crippen molar-refractivity contribution in [3.8, 4) is 0 Å². The van der Waals surface area contributed by atoms with E-state index in [0.29, 0.717) is 12.8 Å². The van der Waals surface area contributed by atoms with Gasteiger partial charge in [-0.25, -0.2) is 0 Å². The van der Waals surface area contributed by atoms with Gasteiger partial charge >= 0.3 is 6.18 Å². The van der Waals surface area contributed by atoms with E-state index in [4.69, 9.17) is 5.73 Å². The summed E-state index contributed by atoms with van der Waals surface area (Å²) in [4.78, 5) is 3.61. The molecule has 15 heavy (non-hydrogen) atoms. The maximum Gasteiger partial charge on any atom is 0.396 e. The van der Waals surface area contributed by atoms with Crippen LogP contribution in [0.4, 0.5) is 13.2 Å². The average Bonchev–Trinajstić information content (AvgIpc) is 2.45. The zero-order valence-corrected chi connectivity index (χ0v) is 8.21. The lowest BCUT2D eigenvalue weighted by atomic mass is 10.2. The van der Waals surface area contributed by atoms with Crippen molar-refractivity contribution in [3.63, 3.8) is 0 Å². The molecule has 0 saturated heterocycles. The molecule has 0 aromatic carbocycles. The van der Waals surface area contributed by atoms with Gasteiger partial charge in [0.1, 0.15) is 6.42 Å². The van der Waals surface area contributed by atoms with Crippen molar-refractivity contribution in [2.45, 2.75) is 38.4 Å². The number of halogens is 3. The number of aromatic nitrogens is 2. The van der Waals surface area contributed by atoms with Crippen LogP contribution in [0.3, 0.4) is 0 Å². The van der Waals surface area contributed by atoms with Crippen LogP contribution in [0.2, 0.25) is 0 Å². The molecule has 0 spiro atoms. The Morgan fingerprint density at radius 2 is 2.13 bits per heavy atom. The number of nitrogens with zero attached hydrogens (tertiary/aromatic N) is 2. The minimum absolute atomic E-state index is 0.0389. The summed E-state index contributed by atoms with van der Waals surface area (Å²) in [5, 5.41) is 3.23. The van der Waals surface area contributed by atoms with Crippen molar-refractivity contribution in [3.05, 3.63) is 11.7 Å². The molecule has 0 aliphatic rings. The molecule has 1 atom stereocenters. The van der Waals surface area contributed by atoms with Crippen molar-refractivity contribution < 1.29 is 17.7 Å². The van der Waals surface area contributed by atoms with E-state index < -0.39 is 12.6 Å². The monoisotopic (exact) mass is 223 g/mol. The Hall–Kier alpha value is -1.11. The minimum atomic E-state index is -4.30. The molecule has 7 heteroatoms. The third kappa shape index (κ3) is 4.78. The number of rotatable bonds is 4. The Morgan fingerprint density at radius 1 is 1.47 bits per heavy atom. The van der Waals surface area contributed by atoms with Crippen molar-refractivity contribution in [2.24, 2.45) is 5.73 Å². The van der Waals surface area contributed by atoms with Crippen LogP contribution in [0, 0.1) is 0 Å². The third-order valence-corrected chi connectivity index (χ3v) is 1.68. The second-order valence-electron chi connectivity index (χ2n) is 3.41. The van der Waals surface area contributed by atoms with Gasteiger partial charge in [0.05, 0.1) is 0 Å². The Kier molecular flexibility index (Phi) is 3.67. The molecule has 0 bridgehead atoms. The van der Waals surface area contributed by atoms with Crippen molar-refractivity contribution >= 4 is 0 Å². The van der Waals surface area contributed by atoms with Crippen molar-refractivity contribution in [2.75, 3.05) is 0 Å². The lowest BCUT2D eigenvalue weighted by molar-refractivity contribution is -0.128. The molecular weight excluding hydrogens is 211 g/mol. The van der Waals surface area contributed by atoms with Gasteiger partial charge in [0.2, 0.25) is 5.89 Å². The largest absolute Gasteiger partial charge is 0.396 e. The smallest absolute Gasteiger partial charge is 0.339 e. The molecular formula is C8H12F3N3O. The topological polar surface area (TPSA) is 64.9 Å². The van der Waals surface area contributed by atoms with Gasteiger partial charge in [-0.2, -0.15) is 18.2 Å². The van der Waals surface area contributed by atoms with E-state index in [1.54, 1.807) is 6.92 Å². The van der Waals surface area contributed by atoms with Gasteiger partial charge in [0, 0.05) is 12.5 Å². The van der Waals surface area contributed by atoms with Crippen LogP contribution in [0.25, 0.3) is 0 Å². The van der Waals surface area contributed by atoms with Gasteiger partial charge < -0.3 is 10.3 Å². The molecule has 0 aliphatic carbocycles. The summed E-state index contributed by atoms with van der Waals surface area (Å²) in [5.41, 5.74) is 5.48. The molecule has 4 nitrogen and oxygen atoms in total. The van der Waals surface area contributed by atoms with Gasteiger partial charge in [0.25, 0.3) is 0 Å². The molecule has 1 heterocycles. The van der Waals surface area contributed by atoms with Crippen molar-refractivity contribution in [1.29, 1.82) is 0 Å². The summed E-state index contributed by atoms with van der Waals surface area (Å²) in [6.45, 7) is 1.80. The van der Waals surface area contributed by atoms with E-state index in [2.05, 4.69) is 14.7 Å². The minimum Gasteiger partial charge on any atom is -0.339 e. The van der Waals surface area contributed by atoms with Crippen LogP contribution in [-0.4, -0.2) is 22.4 Å². The standard InChI is InChI=1S/C8H12F3N3O/c1-5(12)2-3-7-13-6(14-15-7)4-8(9,10)11/h5H,2-4,12H2,1H3. The Labute approximate surface area is 84.6 Å². The predicted molar refractivity (Wildman–Crippen MR) is 46.0 cm³/mol. The van der Waals surface area contributed by atoms with Gasteiger partial charge in [-0.15, -0.1) is 0 Å². The number of aryl methyl sites for hydroxylation is 1. The summed E-state index contributed by atoms with van der Waals surface area (Å²) in [7, 11) is 0. The van der Waals surface area contributed by atoms with E-state index in [9.17, 15) is 13.2 Å². The van der Waals surface area contributed by atoms with Gasteiger partial charge in [-0.3, -0.25) is 0 Å². The van der Waals surface area contributed by atoms with E-state index in [1.807, 2.05) is 0 Å². The molecule has 86 valence electrons. The Morgan fingerprint density at radius 3 is 2.67 bits per heavy atom. The third-order valence-electron chi connectivity index (χ3n) is 1.68. The second kappa shape index (κ2) is 4.61. The number of nitrogens with two attached hydrogens (primary N) is 1. The summed E-state index contributed by atoms with van der Waals surface area (Å²) >= 11 is 0. The molecule has 1 unspecified atom stereocenters. The quantitative estimate of drug-likeness (QED) is 0.839. The first-order valence-corrected chi connectivity index (χ1v) is 4.50. The van der Waals surface area contributed by atoms with E-state index >= 15 is 0 Å². The SMILES string of the molecule is CC(N)CCc1nc(CC(F)(F)F)no1. The van der Waals surface area contributed by atoms with Crippen LogP contribution in [0.15, 0.2) is 4.52 Å². The van der Waals surface area contributed by atoms with Crippen LogP contribution >= 0.6 is 0 Å². The zero-order chi connectivity index (χ0) is 11.5. The molecule has 0 fully saturated rings. The maximum atomic E-state index is 11.9. The second-order valence-corrected chi connectivity index (χ2v) is 3.41. The Bertz CT molecular complexity index is 308. The number of alkyl halides is 3. The highest BCUT2D eigenvalue weighted by molar-refractivity contribution is 4.89. The molecule has 1 aromatic rings. The van der Waals surface area contributed by atoms with E-state index in [1.165, 1.54) is 0 Å². The number of hydrogen-bond donors (Lipinski definition) is 1. The highest BCUT2D eigenvalue weighted by atomic mass is 19.4. The number of hydrogen-bond acceptors (Lipinski definition) is 4. The summed E-state index contributed by atoms with van der Waals surface area (Å²) in [6.07, 6.45) is -4.45. The predicted octanol–water partition coefficient (Wildman–Crippen LogP) is 1.45. The Balaban J connectivity index is 2.49. The summed E-state index contributed by atoms with van der Waals surface area (Å²) in [6, 6.07) is -0.0389. The lowest BCUT2D eigenvalue weighted by Gasteiger charge is -2.00. The zero-order valence-electron chi connectivity index (χ0n) is 8.21. The van der Waals surface area contributed by atoms with Gasteiger partial charge in [-0.1, -0.05) is 5.16 Å². The van der Waals surface area contributed by atoms with Crippen LogP contribution in [0.5, 0.6) is 0 Å². The highest BCUT2D eigenvalue weighted by Crippen LogP contribution is 2.19. The van der Waals surface area contributed by atoms with Crippen LogP contribution in [0.1, 0.15) is 25.1 Å². The fraction of sp³-hybridized carbons (Fsp3) is 0.750. The fourth-order valence-electron chi connectivity index (χ4n) is 0.994. The molecule has 0 saturated carbocycles. The van der Waals surface area contributed by atoms with Gasteiger partial charge in [-0.05, 0) is 13.3 Å². The van der Waals surface area contributed by atoms with Crippen molar-refractivity contribution in [1.82, 2.24) is 10.1 Å². The molecule has 0 radical (unpaired) electrons. The summed E-state index contributed by atoms with van der Waals surface area (Å²) in [5.74, 6) is -0.131. The first kappa shape index (κ1) is 12.0.